The van der Waals surface area contributed by atoms with E-state index >= 15 is 0 Å². The van der Waals surface area contributed by atoms with Gasteiger partial charge in [0.2, 0.25) is 0 Å². The first-order chi connectivity index (χ1) is 18.8. The molecule has 1 fully saturated rings. The van der Waals surface area contributed by atoms with Crippen molar-refractivity contribution >= 4 is 11.2 Å². The highest BCUT2D eigenvalue weighted by Crippen LogP contribution is 2.30. The number of imidazole rings is 1. The van der Waals surface area contributed by atoms with E-state index in [4.69, 9.17) is 9.72 Å². The van der Waals surface area contributed by atoms with Gasteiger partial charge in [-0.15, -0.1) is 0 Å². The van der Waals surface area contributed by atoms with Gasteiger partial charge in [0.25, 0.3) is 5.56 Å². The number of aromatic nitrogens is 4. The maximum Gasteiger partial charge on any atom is 0.332 e. The van der Waals surface area contributed by atoms with Gasteiger partial charge in [-0.05, 0) is 29.9 Å². The van der Waals surface area contributed by atoms with Gasteiger partial charge in [-0.1, -0.05) is 74.5 Å². The first-order valence-electron chi connectivity index (χ1n) is 14.0. The van der Waals surface area contributed by atoms with Crippen LogP contribution in [0.5, 0.6) is 0 Å². The third kappa shape index (κ3) is 5.77. The number of hydrogen-bond donors (Lipinski definition) is 0. The Morgan fingerprint density at radius 2 is 1.49 bits per heavy atom. The van der Waals surface area contributed by atoms with E-state index in [0.717, 1.165) is 38.3 Å². The average Bonchev–Trinajstić information content (AvgIpc) is 3.29. The van der Waals surface area contributed by atoms with Gasteiger partial charge in [-0.3, -0.25) is 13.9 Å². The van der Waals surface area contributed by atoms with Crippen molar-refractivity contribution in [2.75, 3.05) is 19.6 Å². The zero-order chi connectivity index (χ0) is 27.5. The normalized spacial score (nSPS) is 15.1. The molecule has 2 aromatic heterocycles. The van der Waals surface area contributed by atoms with E-state index in [0.29, 0.717) is 24.1 Å². The molecule has 0 N–H and O–H groups in total. The lowest BCUT2D eigenvalue weighted by molar-refractivity contribution is -0.0268. The first kappa shape index (κ1) is 27.1. The van der Waals surface area contributed by atoms with Crippen LogP contribution in [0.25, 0.3) is 11.2 Å². The monoisotopic (exact) mass is 529 g/mol. The summed E-state index contributed by atoms with van der Waals surface area (Å²) in [6.45, 7) is 7.39. The van der Waals surface area contributed by atoms with Crippen LogP contribution < -0.4 is 11.2 Å². The molecule has 0 radical (unpaired) electrons. The molecule has 0 atom stereocenters. The number of fused-ring (bicyclic) bond motifs is 1. The number of likely N-dealkylation sites (tertiary alicyclic amines) is 1. The minimum atomic E-state index is -0.308. The minimum absolute atomic E-state index is 0.0741. The maximum absolute atomic E-state index is 12.9. The zero-order valence-electron chi connectivity index (χ0n) is 23.4. The van der Waals surface area contributed by atoms with E-state index in [1.807, 2.05) is 23.7 Å². The Morgan fingerprint density at radius 3 is 2.05 bits per heavy atom. The Kier molecular flexibility index (Phi) is 8.14. The molecular formula is C31H39N5O3. The van der Waals surface area contributed by atoms with Gasteiger partial charge < -0.3 is 14.2 Å². The van der Waals surface area contributed by atoms with Gasteiger partial charge in [-0.2, -0.15) is 0 Å². The summed E-state index contributed by atoms with van der Waals surface area (Å²) in [6.07, 6.45) is 2.76. The van der Waals surface area contributed by atoms with Gasteiger partial charge >= 0.3 is 5.69 Å². The summed E-state index contributed by atoms with van der Waals surface area (Å²) in [5.74, 6) is 1.09. The van der Waals surface area contributed by atoms with E-state index < -0.39 is 0 Å². The largest absolute Gasteiger partial charge is 0.365 e. The lowest BCUT2D eigenvalue weighted by atomic mass is 10.00. The predicted octanol–water partition coefficient (Wildman–Crippen LogP) is 3.90. The minimum Gasteiger partial charge on any atom is -0.365 e. The van der Waals surface area contributed by atoms with Gasteiger partial charge in [0.05, 0.1) is 6.10 Å². The van der Waals surface area contributed by atoms with Crippen LogP contribution in [0.15, 0.2) is 70.3 Å². The van der Waals surface area contributed by atoms with Crippen LogP contribution in [-0.4, -0.2) is 49.3 Å². The number of piperidine rings is 1. The van der Waals surface area contributed by atoms with Crippen molar-refractivity contribution < 1.29 is 4.74 Å². The summed E-state index contributed by atoms with van der Waals surface area (Å²) >= 11 is 0. The van der Waals surface area contributed by atoms with Crippen molar-refractivity contribution in [3.8, 4) is 0 Å². The second-order valence-electron chi connectivity index (χ2n) is 11.0. The fourth-order valence-electron chi connectivity index (χ4n) is 5.55. The molecule has 206 valence electrons. The Bertz CT molecular complexity index is 1470. The third-order valence-electron chi connectivity index (χ3n) is 7.72. The molecule has 1 saturated heterocycles. The summed E-state index contributed by atoms with van der Waals surface area (Å²) in [5, 5.41) is 0. The molecule has 8 nitrogen and oxygen atoms in total. The number of nitrogens with zero attached hydrogens (tertiary/aromatic N) is 5. The molecule has 1 aliphatic rings. The molecular weight excluding hydrogens is 490 g/mol. The van der Waals surface area contributed by atoms with Gasteiger partial charge in [0.15, 0.2) is 11.2 Å². The molecule has 0 aliphatic carbocycles. The average molecular weight is 530 g/mol. The summed E-state index contributed by atoms with van der Waals surface area (Å²) in [6, 6.07) is 20.9. The summed E-state index contributed by atoms with van der Waals surface area (Å²) < 4.78 is 11.4. The maximum atomic E-state index is 12.9. The zero-order valence-corrected chi connectivity index (χ0v) is 23.4. The van der Waals surface area contributed by atoms with Crippen molar-refractivity contribution in [1.29, 1.82) is 0 Å². The van der Waals surface area contributed by atoms with Gasteiger partial charge in [0, 0.05) is 46.7 Å². The van der Waals surface area contributed by atoms with E-state index in [1.54, 1.807) is 11.6 Å². The second-order valence-corrected chi connectivity index (χ2v) is 11.0. The number of hydrogen-bond acceptors (Lipinski definition) is 5. The predicted molar refractivity (Wildman–Crippen MR) is 154 cm³/mol. The standard InChI is InChI=1S/C31H39N5O3/c1-22(2)21-36-29-27(30(37)34(4)31(36)38)33(3)26(32-29)17-20-35-18-15-25(16-19-35)39-28(23-11-7-5-8-12-23)24-13-9-6-10-14-24/h5-14,22,25,28H,15-21H2,1-4H3. The van der Waals surface area contributed by atoms with Crippen LogP contribution in [0, 0.1) is 5.92 Å². The van der Waals surface area contributed by atoms with E-state index in [-0.39, 0.29) is 29.4 Å². The number of aryl methyl sites for hydroxylation is 1. The fraction of sp³-hybridized carbons (Fsp3) is 0.452. The Labute approximate surface area is 229 Å². The molecule has 3 heterocycles. The van der Waals surface area contributed by atoms with Crippen molar-refractivity contribution in [2.45, 2.75) is 51.9 Å². The highest BCUT2D eigenvalue weighted by Gasteiger charge is 2.25. The number of benzene rings is 2. The number of rotatable bonds is 9. The lowest BCUT2D eigenvalue weighted by Gasteiger charge is -2.34. The van der Waals surface area contributed by atoms with E-state index in [9.17, 15) is 9.59 Å². The van der Waals surface area contributed by atoms with E-state index in [2.05, 4.69) is 67.3 Å². The molecule has 0 bridgehead atoms. The Balaban J connectivity index is 1.25. The first-order valence-corrected chi connectivity index (χ1v) is 14.0. The molecule has 8 heteroatoms. The molecule has 4 aromatic rings. The van der Waals surface area contributed by atoms with Crippen molar-refractivity contribution in [1.82, 2.24) is 23.6 Å². The van der Waals surface area contributed by atoms with Crippen LogP contribution in [-0.2, 0) is 31.8 Å². The van der Waals surface area contributed by atoms with Crippen LogP contribution in [0.2, 0.25) is 0 Å². The summed E-state index contributed by atoms with van der Waals surface area (Å²) in [4.78, 5) is 33.0. The molecule has 0 amide bonds. The Hall–Kier alpha value is -3.49. The molecule has 0 spiro atoms. The molecule has 5 rings (SSSR count). The van der Waals surface area contributed by atoms with Crippen molar-refractivity contribution in [3.05, 3.63) is 98.5 Å². The van der Waals surface area contributed by atoms with Crippen molar-refractivity contribution in [3.63, 3.8) is 0 Å². The topological polar surface area (TPSA) is 74.3 Å². The van der Waals surface area contributed by atoms with Gasteiger partial charge in [0.1, 0.15) is 11.9 Å². The molecule has 0 unspecified atom stereocenters. The number of ether oxygens (including phenoxy) is 1. The molecule has 39 heavy (non-hydrogen) atoms. The molecule has 0 saturated carbocycles. The van der Waals surface area contributed by atoms with Crippen LogP contribution in [0.4, 0.5) is 0 Å². The molecule has 1 aliphatic heterocycles. The summed E-state index contributed by atoms with van der Waals surface area (Å²) in [7, 11) is 3.42. The van der Waals surface area contributed by atoms with Crippen molar-refractivity contribution in [2.24, 2.45) is 20.0 Å². The van der Waals surface area contributed by atoms with Gasteiger partial charge in [-0.25, -0.2) is 9.78 Å². The lowest BCUT2D eigenvalue weighted by Crippen LogP contribution is -2.39. The fourth-order valence-corrected chi connectivity index (χ4v) is 5.55. The second kappa shape index (κ2) is 11.7. The Morgan fingerprint density at radius 1 is 0.897 bits per heavy atom. The molecule has 2 aromatic carbocycles. The van der Waals surface area contributed by atoms with Crippen LogP contribution in [0.1, 0.15) is 49.7 Å². The van der Waals surface area contributed by atoms with Crippen LogP contribution >= 0.6 is 0 Å². The highest BCUT2D eigenvalue weighted by atomic mass is 16.5. The quantitative estimate of drug-likeness (QED) is 0.329. The SMILES string of the molecule is CC(C)Cn1c(=O)n(C)c(=O)c2c1nc(CCN1CCC(OC(c3ccccc3)c3ccccc3)CC1)n2C. The highest BCUT2D eigenvalue weighted by molar-refractivity contribution is 5.71. The van der Waals surface area contributed by atoms with Crippen LogP contribution in [0.3, 0.4) is 0 Å². The third-order valence-corrected chi connectivity index (χ3v) is 7.72. The van der Waals surface area contributed by atoms with E-state index in [1.165, 1.54) is 15.7 Å². The summed E-state index contributed by atoms with van der Waals surface area (Å²) in [5.41, 5.74) is 2.74. The smallest absolute Gasteiger partial charge is 0.332 e.